The third kappa shape index (κ3) is 4.03. The van der Waals surface area contributed by atoms with Gasteiger partial charge in [0, 0.05) is 13.1 Å². The van der Waals surface area contributed by atoms with E-state index in [1.165, 1.54) is 0 Å². The van der Waals surface area contributed by atoms with Crippen LogP contribution in [0.25, 0.3) is 0 Å². The number of carbonyl (C=O) groups excluding carboxylic acids is 2. The fourth-order valence-electron chi connectivity index (χ4n) is 2.11. The Balaban J connectivity index is 1.92. The van der Waals surface area contributed by atoms with E-state index in [4.69, 9.17) is 0 Å². The van der Waals surface area contributed by atoms with E-state index in [0.29, 0.717) is 5.56 Å². The maximum atomic E-state index is 11.9. The quantitative estimate of drug-likeness (QED) is 0.560. The number of aliphatic carboxylic acids is 1. The van der Waals surface area contributed by atoms with Crippen molar-refractivity contribution in [3.63, 3.8) is 0 Å². The van der Waals surface area contributed by atoms with Crippen LogP contribution in [0.5, 0.6) is 0 Å². The van der Waals surface area contributed by atoms with Gasteiger partial charge in [-0.25, -0.2) is 0 Å². The lowest BCUT2D eigenvalue weighted by molar-refractivity contribution is -0.138. The first-order valence-electron chi connectivity index (χ1n) is 6.63. The lowest BCUT2D eigenvalue weighted by Gasteiger charge is -2.24. The van der Waals surface area contributed by atoms with Gasteiger partial charge in [-0.15, -0.1) is 0 Å². The molecule has 0 bridgehead atoms. The zero-order valence-corrected chi connectivity index (χ0v) is 11.3. The fourth-order valence-corrected chi connectivity index (χ4v) is 2.11. The van der Waals surface area contributed by atoms with Gasteiger partial charge in [-0.05, 0) is 5.56 Å². The second-order valence-electron chi connectivity index (χ2n) is 4.78. The minimum absolute atomic E-state index is 0.00427. The van der Waals surface area contributed by atoms with Crippen LogP contribution in [-0.4, -0.2) is 48.6 Å². The summed E-state index contributed by atoms with van der Waals surface area (Å²) in [5, 5.41) is 17.2. The number of hydrogen-bond acceptors (Lipinski definition) is 4. The summed E-state index contributed by atoms with van der Waals surface area (Å²) in [6.45, 7) is 0.289. The van der Waals surface area contributed by atoms with Gasteiger partial charge in [0.15, 0.2) is 0 Å². The Kier molecular flexibility index (Phi) is 4.89. The number of rotatable bonds is 5. The smallest absolute Gasteiger partial charge is 0.312 e. The first-order chi connectivity index (χ1) is 10.1. The monoisotopic (exact) mass is 291 g/mol. The van der Waals surface area contributed by atoms with Gasteiger partial charge < -0.3 is 15.7 Å². The van der Waals surface area contributed by atoms with E-state index >= 15 is 0 Å². The Morgan fingerprint density at radius 3 is 2.62 bits per heavy atom. The molecule has 1 heterocycles. The number of amides is 2. The summed E-state index contributed by atoms with van der Waals surface area (Å²) in [5.74, 6) is -2.27. The van der Waals surface area contributed by atoms with Crippen molar-refractivity contribution in [3.05, 3.63) is 35.9 Å². The zero-order valence-electron chi connectivity index (χ0n) is 11.3. The van der Waals surface area contributed by atoms with Crippen molar-refractivity contribution in [2.45, 2.75) is 12.0 Å². The summed E-state index contributed by atoms with van der Waals surface area (Å²) in [5.41, 5.74) is 0.634. The van der Waals surface area contributed by atoms with Gasteiger partial charge in [0.2, 0.25) is 11.8 Å². The van der Waals surface area contributed by atoms with E-state index in [9.17, 15) is 19.5 Å². The molecule has 4 N–H and O–H groups in total. The molecule has 1 aliphatic rings. The summed E-state index contributed by atoms with van der Waals surface area (Å²) in [6.07, 6.45) is 0. The van der Waals surface area contributed by atoms with Crippen molar-refractivity contribution in [2.24, 2.45) is 0 Å². The van der Waals surface area contributed by atoms with E-state index in [-0.39, 0.29) is 31.4 Å². The lowest BCUT2D eigenvalue weighted by Crippen LogP contribution is -2.58. The van der Waals surface area contributed by atoms with Gasteiger partial charge in [0.1, 0.15) is 6.04 Å². The number of piperazine rings is 1. The highest BCUT2D eigenvalue weighted by Crippen LogP contribution is 2.14. The molecule has 1 saturated heterocycles. The zero-order chi connectivity index (χ0) is 15.2. The molecular weight excluding hydrogens is 274 g/mol. The summed E-state index contributed by atoms with van der Waals surface area (Å²) < 4.78 is 0. The number of carboxylic acids is 1. The highest BCUT2D eigenvalue weighted by Gasteiger charge is 2.26. The first-order valence-corrected chi connectivity index (χ1v) is 6.63. The number of benzene rings is 1. The molecule has 7 nitrogen and oxygen atoms in total. The van der Waals surface area contributed by atoms with Crippen LogP contribution in [0.2, 0.25) is 0 Å². The van der Waals surface area contributed by atoms with Crippen molar-refractivity contribution < 1.29 is 19.5 Å². The summed E-state index contributed by atoms with van der Waals surface area (Å²) in [7, 11) is 0. The molecule has 2 atom stereocenters. The van der Waals surface area contributed by atoms with Crippen LogP contribution >= 0.6 is 0 Å². The van der Waals surface area contributed by atoms with Crippen LogP contribution in [0.1, 0.15) is 11.5 Å². The lowest BCUT2D eigenvalue weighted by atomic mass is 9.99. The highest BCUT2D eigenvalue weighted by atomic mass is 16.4. The van der Waals surface area contributed by atoms with Crippen LogP contribution in [0.4, 0.5) is 0 Å². The van der Waals surface area contributed by atoms with Crippen molar-refractivity contribution in [1.29, 1.82) is 0 Å². The van der Waals surface area contributed by atoms with Gasteiger partial charge in [0.05, 0.1) is 12.5 Å². The van der Waals surface area contributed by atoms with Crippen molar-refractivity contribution in [3.8, 4) is 0 Å². The highest BCUT2D eigenvalue weighted by molar-refractivity contribution is 5.87. The molecule has 1 fully saturated rings. The molecule has 1 aromatic carbocycles. The molecule has 112 valence electrons. The molecule has 2 unspecified atom stereocenters. The van der Waals surface area contributed by atoms with Crippen LogP contribution in [0.3, 0.4) is 0 Å². The molecule has 1 aromatic rings. The van der Waals surface area contributed by atoms with Crippen LogP contribution in [-0.2, 0) is 14.4 Å². The Hall–Kier alpha value is -2.41. The predicted octanol–water partition coefficient (Wildman–Crippen LogP) is -0.941. The minimum Gasteiger partial charge on any atom is -0.481 e. The fraction of sp³-hybridized carbons (Fsp3) is 0.357. The second-order valence-corrected chi connectivity index (χ2v) is 4.78. The van der Waals surface area contributed by atoms with E-state index < -0.39 is 17.9 Å². The molecule has 1 aliphatic heterocycles. The molecule has 2 amide bonds. The average Bonchev–Trinajstić information content (AvgIpc) is 2.48. The van der Waals surface area contributed by atoms with E-state index in [0.717, 1.165) is 0 Å². The molecule has 2 rings (SSSR count). The number of carbonyl (C=O) groups is 3. The third-order valence-corrected chi connectivity index (χ3v) is 3.31. The van der Waals surface area contributed by atoms with Crippen molar-refractivity contribution in [2.75, 3.05) is 19.6 Å². The Bertz CT molecular complexity index is 522. The summed E-state index contributed by atoms with van der Waals surface area (Å²) in [4.78, 5) is 34.2. The summed E-state index contributed by atoms with van der Waals surface area (Å²) >= 11 is 0. The number of nitrogens with one attached hydrogen (secondary N) is 3. The van der Waals surface area contributed by atoms with Crippen LogP contribution < -0.4 is 16.0 Å². The van der Waals surface area contributed by atoms with Crippen LogP contribution in [0, 0.1) is 0 Å². The Morgan fingerprint density at radius 1 is 1.33 bits per heavy atom. The number of hydrogen-bond donors (Lipinski definition) is 4. The van der Waals surface area contributed by atoms with E-state index in [1.54, 1.807) is 30.3 Å². The minimum atomic E-state index is -0.994. The number of carboxylic acid groups (broad SMARTS) is 1. The molecule has 7 heteroatoms. The predicted molar refractivity (Wildman–Crippen MR) is 74.6 cm³/mol. The second kappa shape index (κ2) is 6.85. The van der Waals surface area contributed by atoms with Crippen molar-refractivity contribution in [1.82, 2.24) is 16.0 Å². The molecule has 0 spiro atoms. The largest absolute Gasteiger partial charge is 0.481 e. The van der Waals surface area contributed by atoms with Gasteiger partial charge in [-0.3, -0.25) is 19.7 Å². The standard InChI is InChI=1S/C14H17N3O4/c18-12-8-15-11(7-16-12)13(19)17-6-10(14(20)21)9-4-2-1-3-5-9/h1-5,10-11,15H,6-8H2,(H,16,18)(H,17,19)(H,20,21). The SMILES string of the molecule is O=C1CNC(C(=O)NCC(C(=O)O)c2ccccc2)CN1. The average molecular weight is 291 g/mol. The third-order valence-electron chi connectivity index (χ3n) is 3.31. The van der Waals surface area contributed by atoms with Crippen LogP contribution in [0.15, 0.2) is 30.3 Å². The van der Waals surface area contributed by atoms with E-state index in [1.807, 2.05) is 0 Å². The maximum Gasteiger partial charge on any atom is 0.312 e. The Labute approximate surface area is 121 Å². The topological polar surface area (TPSA) is 108 Å². The normalized spacial score (nSPS) is 19.4. The van der Waals surface area contributed by atoms with Gasteiger partial charge in [0.25, 0.3) is 0 Å². The molecule has 21 heavy (non-hydrogen) atoms. The maximum absolute atomic E-state index is 11.9. The van der Waals surface area contributed by atoms with Gasteiger partial charge in [-0.2, -0.15) is 0 Å². The molecule has 0 radical (unpaired) electrons. The molecule has 0 aliphatic carbocycles. The Morgan fingerprint density at radius 2 is 2.05 bits per heavy atom. The first kappa shape index (κ1) is 15.0. The molecule has 0 saturated carbocycles. The van der Waals surface area contributed by atoms with Gasteiger partial charge in [-0.1, -0.05) is 30.3 Å². The molecule has 0 aromatic heterocycles. The van der Waals surface area contributed by atoms with Crippen molar-refractivity contribution >= 4 is 17.8 Å². The summed E-state index contributed by atoms with van der Waals surface area (Å²) in [6, 6.07) is 8.20. The van der Waals surface area contributed by atoms with Gasteiger partial charge >= 0.3 is 5.97 Å². The molecular formula is C14H17N3O4. The van der Waals surface area contributed by atoms with E-state index in [2.05, 4.69) is 16.0 Å².